The zero-order valence-electron chi connectivity index (χ0n) is 13.5. The molecule has 1 heterocycles. The number of para-hydroxylation sites is 1. The maximum absolute atomic E-state index is 12.2. The highest BCUT2D eigenvalue weighted by atomic mass is 16.5. The molecule has 0 atom stereocenters. The highest BCUT2D eigenvalue weighted by molar-refractivity contribution is 5.94. The van der Waals surface area contributed by atoms with Crippen molar-refractivity contribution in [1.82, 2.24) is 9.78 Å². The fourth-order valence-corrected chi connectivity index (χ4v) is 2.46. The molecule has 122 valence electrons. The molecule has 2 aromatic carbocycles. The van der Waals surface area contributed by atoms with E-state index in [9.17, 15) is 4.79 Å². The third-order valence-corrected chi connectivity index (χ3v) is 3.60. The van der Waals surface area contributed by atoms with Gasteiger partial charge in [-0.1, -0.05) is 48.5 Å². The van der Waals surface area contributed by atoms with E-state index < -0.39 is 0 Å². The summed E-state index contributed by atoms with van der Waals surface area (Å²) in [4.78, 5) is 12.2. The molecule has 24 heavy (non-hydrogen) atoms. The van der Waals surface area contributed by atoms with Crippen molar-refractivity contribution in [3.8, 4) is 17.0 Å². The van der Waals surface area contributed by atoms with Gasteiger partial charge in [0, 0.05) is 12.6 Å². The Bertz CT molecular complexity index is 798. The van der Waals surface area contributed by atoms with Gasteiger partial charge in [0.2, 0.25) is 5.91 Å². The summed E-state index contributed by atoms with van der Waals surface area (Å²) in [5.74, 6) is 0.660. The normalized spacial score (nSPS) is 10.4. The number of hydrogen-bond acceptors (Lipinski definition) is 3. The van der Waals surface area contributed by atoms with Gasteiger partial charge in [0.15, 0.2) is 0 Å². The molecule has 0 saturated carbocycles. The molecule has 5 heteroatoms. The first kappa shape index (κ1) is 15.8. The van der Waals surface area contributed by atoms with Crippen LogP contribution in [0.5, 0.6) is 5.75 Å². The zero-order valence-corrected chi connectivity index (χ0v) is 13.5. The lowest BCUT2D eigenvalue weighted by Gasteiger charge is -2.09. The van der Waals surface area contributed by atoms with Crippen LogP contribution in [0.1, 0.15) is 6.42 Å². The number of nitrogens with zero attached hydrogens (tertiary/aromatic N) is 2. The van der Waals surface area contributed by atoms with E-state index in [1.165, 1.54) is 0 Å². The number of carbonyl (C=O) groups excluding carboxylic acids is 1. The molecule has 0 aliphatic rings. The van der Waals surface area contributed by atoms with Crippen LogP contribution in [0.15, 0.2) is 66.9 Å². The molecule has 3 rings (SSSR count). The van der Waals surface area contributed by atoms with Crippen LogP contribution in [0.25, 0.3) is 11.3 Å². The molecule has 1 aromatic heterocycles. The number of hydrogen-bond donors (Lipinski definition) is 1. The van der Waals surface area contributed by atoms with Crippen molar-refractivity contribution in [2.75, 3.05) is 11.9 Å². The smallest absolute Gasteiger partial charge is 0.227 e. The quantitative estimate of drug-likeness (QED) is 0.756. The Kier molecular flexibility index (Phi) is 4.91. The van der Waals surface area contributed by atoms with Crippen molar-refractivity contribution in [2.45, 2.75) is 6.42 Å². The van der Waals surface area contributed by atoms with Gasteiger partial charge in [0.25, 0.3) is 0 Å². The van der Waals surface area contributed by atoms with Gasteiger partial charge >= 0.3 is 0 Å². The third-order valence-electron chi connectivity index (χ3n) is 3.60. The average molecular weight is 321 g/mol. The molecule has 0 bridgehead atoms. The minimum Gasteiger partial charge on any atom is -0.493 e. The number of aromatic nitrogens is 2. The Balaban J connectivity index is 1.61. The summed E-state index contributed by atoms with van der Waals surface area (Å²) in [6, 6.07) is 19.3. The molecule has 0 unspecified atom stereocenters. The topological polar surface area (TPSA) is 56.2 Å². The minimum absolute atomic E-state index is 0.101. The van der Waals surface area contributed by atoms with Crippen LogP contribution in [0.2, 0.25) is 0 Å². The largest absolute Gasteiger partial charge is 0.493 e. The monoisotopic (exact) mass is 321 g/mol. The zero-order chi connectivity index (χ0) is 16.8. The SMILES string of the molecule is Cn1ncc(NC(=O)CCOc2ccccc2)c1-c1ccccc1. The molecule has 0 aliphatic carbocycles. The molecule has 0 saturated heterocycles. The Morgan fingerprint density at radius 1 is 1.08 bits per heavy atom. The summed E-state index contributed by atoms with van der Waals surface area (Å²) in [7, 11) is 1.86. The Morgan fingerprint density at radius 3 is 2.46 bits per heavy atom. The maximum Gasteiger partial charge on any atom is 0.227 e. The van der Waals surface area contributed by atoms with E-state index in [0.717, 1.165) is 17.0 Å². The van der Waals surface area contributed by atoms with E-state index in [2.05, 4.69) is 10.4 Å². The first-order valence-electron chi connectivity index (χ1n) is 7.79. The Hall–Kier alpha value is -3.08. The van der Waals surface area contributed by atoms with Crippen LogP contribution in [0.4, 0.5) is 5.69 Å². The second-order valence-electron chi connectivity index (χ2n) is 5.36. The van der Waals surface area contributed by atoms with E-state index in [1.54, 1.807) is 10.9 Å². The summed E-state index contributed by atoms with van der Waals surface area (Å²) >= 11 is 0. The van der Waals surface area contributed by atoms with Crippen molar-refractivity contribution in [2.24, 2.45) is 7.05 Å². The highest BCUT2D eigenvalue weighted by Gasteiger charge is 2.13. The second kappa shape index (κ2) is 7.46. The van der Waals surface area contributed by atoms with E-state index in [0.29, 0.717) is 12.3 Å². The van der Waals surface area contributed by atoms with Crippen molar-refractivity contribution in [3.63, 3.8) is 0 Å². The van der Waals surface area contributed by atoms with Crippen LogP contribution in [0, 0.1) is 0 Å². The van der Waals surface area contributed by atoms with Crippen LogP contribution in [0.3, 0.4) is 0 Å². The maximum atomic E-state index is 12.2. The van der Waals surface area contributed by atoms with E-state index in [1.807, 2.05) is 67.7 Å². The first-order valence-corrected chi connectivity index (χ1v) is 7.79. The predicted octanol–water partition coefficient (Wildman–Crippen LogP) is 3.49. The lowest BCUT2D eigenvalue weighted by Crippen LogP contribution is -2.15. The number of amides is 1. The van der Waals surface area contributed by atoms with Crippen LogP contribution >= 0.6 is 0 Å². The molecular formula is C19H19N3O2. The third kappa shape index (κ3) is 3.81. The molecule has 0 fully saturated rings. The predicted molar refractivity (Wildman–Crippen MR) is 93.8 cm³/mol. The number of carbonyl (C=O) groups is 1. The molecular weight excluding hydrogens is 302 g/mol. The molecule has 1 amide bonds. The number of rotatable bonds is 6. The van der Waals surface area contributed by atoms with Gasteiger partial charge in [-0.15, -0.1) is 0 Å². The summed E-state index contributed by atoms with van der Waals surface area (Å²) in [6.07, 6.45) is 1.94. The minimum atomic E-state index is -0.101. The fraction of sp³-hybridized carbons (Fsp3) is 0.158. The first-order chi connectivity index (χ1) is 11.7. The molecule has 3 aromatic rings. The van der Waals surface area contributed by atoms with Gasteiger partial charge in [0.05, 0.1) is 30.6 Å². The summed E-state index contributed by atoms with van der Waals surface area (Å²) < 4.78 is 7.31. The van der Waals surface area contributed by atoms with Gasteiger partial charge in [-0.2, -0.15) is 5.10 Å². The highest BCUT2D eigenvalue weighted by Crippen LogP contribution is 2.27. The van der Waals surface area contributed by atoms with Crippen LogP contribution < -0.4 is 10.1 Å². The summed E-state index contributed by atoms with van der Waals surface area (Å²) in [5, 5.41) is 7.16. The molecule has 0 radical (unpaired) electrons. The molecule has 0 aliphatic heterocycles. The van der Waals surface area contributed by atoms with Crippen LogP contribution in [-0.4, -0.2) is 22.3 Å². The summed E-state index contributed by atoms with van der Waals surface area (Å²) in [6.45, 7) is 0.330. The molecule has 0 spiro atoms. The van der Waals surface area contributed by atoms with E-state index in [-0.39, 0.29) is 12.3 Å². The van der Waals surface area contributed by atoms with Gasteiger partial charge in [-0.3, -0.25) is 9.48 Å². The van der Waals surface area contributed by atoms with Crippen LogP contribution in [-0.2, 0) is 11.8 Å². The van der Waals surface area contributed by atoms with Crippen molar-refractivity contribution in [1.29, 1.82) is 0 Å². The standard InChI is InChI=1S/C19H19N3O2/c1-22-19(15-8-4-2-5-9-15)17(14-20-22)21-18(23)12-13-24-16-10-6-3-7-11-16/h2-11,14H,12-13H2,1H3,(H,21,23). The van der Waals surface area contributed by atoms with E-state index >= 15 is 0 Å². The van der Waals surface area contributed by atoms with Gasteiger partial charge < -0.3 is 10.1 Å². The number of nitrogens with one attached hydrogen (secondary N) is 1. The van der Waals surface area contributed by atoms with Gasteiger partial charge in [-0.05, 0) is 12.1 Å². The van der Waals surface area contributed by atoms with Gasteiger partial charge in [0.1, 0.15) is 5.75 Å². The van der Waals surface area contributed by atoms with Crippen molar-refractivity contribution >= 4 is 11.6 Å². The lowest BCUT2D eigenvalue weighted by atomic mass is 10.1. The summed E-state index contributed by atoms with van der Waals surface area (Å²) in [5.41, 5.74) is 2.59. The van der Waals surface area contributed by atoms with Crippen molar-refractivity contribution in [3.05, 3.63) is 66.9 Å². The molecule has 5 nitrogen and oxygen atoms in total. The Labute approximate surface area is 140 Å². The number of benzene rings is 2. The molecule has 1 N–H and O–H groups in total. The fourth-order valence-electron chi connectivity index (χ4n) is 2.46. The number of anilines is 1. The number of ether oxygens (including phenoxy) is 1. The van der Waals surface area contributed by atoms with Gasteiger partial charge in [-0.25, -0.2) is 0 Å². The van der Waals surface area contributed by atoms with Crippen molar-refractivity contribution < 1.29 is 9.53 Å². The lowest BCUT2D eigenvalue weighted by molar-refractivity contribution is -0.116. The Morgan fingerprint density at radius 2 is 1.75 bits per heavy atom. The average Bonchev–Trinajstić information content (AvgIpc) is 2.97. The number of aryl methyl sites for hydroxylation is 1. The second-order valence-corrected chi connectivity index (χ2v) is 5.36. The van der Waals surface area contributed by atoms with E-state index in [4.69, 9.17) is 4.74 Å².